The minimum atomic E-state index is 0.0685. The third kappa shape index (κ3) is 3.20. The fourth-order valence-corrected chi connectivity index (χ4v) is 2.00. The van der Waals surface area contributed by atoms with Crippen LogP contribution in [0.3, 0.4) is 0 Å². The van der Waals surface area contributed by atoms with Crippen molar-refractivity contribution in [1.82, 2.24) is 4.90 Å². The summed E-state index contributed by atoms with van der Waals surface area (Å²) in [6.45, 7) is 7.21. The van der Waals surface area contributed by atoms with Crippen LogP contribution >= 0.6 is 0 Å². The van der Waals surface area contributed by atoms with E-state index in [2.05, 4.69) is 4.90 Å². The van der Waals surface area contributed by atoms with Crippen LogP contribution in [0.4, 0.5) is 0 Å². The van der Waals surface area contributed by atoms with Crippen molar-refractivity contribution in [3.8, 4) is 0 Å². The number of hydrogen-bond acceptors (Lipinski definition) is 3. The fraction of sp³-hybridized carbons (Fsp3) is 0.400. The van der Waals surface area contributed by atoms with E-state index < -0.39 is 0 Å². The van der Waals surface area contributed by atoms with Crippen molar-refractivity contribution in [2.45, 2.75) is 13.8 Å². The summed E-state index contributed by atoms with van der Waals surface area (Å²) in [5.74, 6) is 0.0685. The molecule has 0 saturated carbocycles. The molecule has 2 rings (SSSR count). The van der Waals surface area contributed by atoms with Crippen LogP contribution in [-0.4, -0.2) is 37.0 Å². The molecular formula is C15H19NO2. The number of ketones is 1. The largest absolute Gasteiger partial charge is 0.378 e. The highest BCUT2D eigenvalue weighted by Crippen LogP contribution is 2.10. The number of ether oxygens (including phenoxy) is 1. The van der Waals surface area contributed by atoms with E-state index in [9.17, 15) is 4.79 Å². The van der Waals surface area contributed by atoms with Crippen LogP contribution in [0, 0.1) is 6.92 Å². The number of allylic oxidation sites excluding steroid dienone is 2. The lowest BCUT2D eigenvalue weighted by molar-refractivity contribution is 0.0534. The molecular weight excluding hydrogens is 226 g/mol. The van der Waals surface area contributed by atoms with Crippen molar-refractivity contribution < 1.29 is 9.53 Å². The van der Waals surface area contributed by atoms with Gasteiger partial charge in [-0.15, -0.1) is 0 Å². The number of hydrogen-bond donors (Lipinski definition) is 0. The highest BCUT2D eigenvalue weighted by Gasteiger charge is 2.12. The van der Waals surface area contributed by atoms with Gasteiger partial charge in [0.1, 0.15) is 0 Å². The highest BCUT2D eigenvalue weighted by molar-refractivity contribution is 6.04. The maximum Gasteiger partial charge on any atom is 0.187 e. The molecule has 3 heteroatoms. The Balaban J connectivity index is 2.06. The van der Waals surface area contributed by atoms with Crippen molar-refractivity contribution in [2.75, 3.05) is 26.3 Å². The van der Waals surface area contributed by atoms with Gasteiger partial charge in [0.05, 0.1) is 13.2 Å². The second kappa shape index (κ2) is 5.83. The molecule has 0 N–H and O–H groups in total. The van der Waals surface area contributed by atoms with Crippen LogP contribution in [0.5, 0.6) is 0 Å². The summed E-state index contributed by atoms with van der Waals surface area (Å²) in [4.78, 5) is 14.3. The van der Waals surface area contributed by atoms with Crippen LogP contribution in [0.15, 0.2) is 36.0 Å². The zero-order chi connectivity index (χ0) is 13.0. The Bertz CT molecular complexity index is 442. The molecule has 1 aromatic rings. The summed E-state index contributed by atoms with van der Waals surface area (Å²) >= 11 is 0. The minimum absolute atomic E-state index is 0.0685. The Labute approximate surface area is 108 Å². The van der Waals surface area contributed by atoms with E-state index in [0.29, 0.717) is 0 Å². The van der Waals surface area contributed by atoms with Crippen molar-refractivity contribution in [3.05, 3.63) is 47.2 Å². The molecule has 0 aliphatic carbocycles. The van der Waals surface area contributed by atoms with Crippen molar-refractivity contribution in [3.63, 3.8) is 0 Å². The average molecular weight is 245 g/mol. The first-order chi connectivity index (χ1) is 8.66. The third-order valence-electron chi connectivity index (χ3n) is 3.19. The molecule has 1 fully saturated rings. The molecule has 0 spiro atoms. The third-order valence-corrected chi connectivity index (χ3v) is 3.19. The van der Waals surface area contributed by atoms with Crippen LogP contribution in [0.25, 0.3) is 0 Å². The van der Waals surface area contributed by atoms with Gasteiger partial charge in [0, 0.05) is 30.4 Å². The normalized spacial score (nSPS) is 16.8. The molecule has 0 amide bonds. The Morgan fingerprint density at radius 2 is 1.83 bits per heavy atom. The van der Waals surface area contributed by atoms with Gasteiger partial charge in [-0.2, -0.15) is 0 Å². The van der Waals surface area contributed by atoms with Gasteiger partial charge < -0.3 is 9.64 Å². The van der Waals surface area contributed by atoms with Gasteiger partial charge >= 0.3 is 0 Å². The van der Waals surface area contributed by atoms with E-state index in [1.165, 1.54) is 5.56 Å². The molecule has 3 nitrogen and oxygen atoms in total. The molecule has 96 valence electrons. The van der Waals surface area contributed by atoms with Crippen LogP contribution in [0.1, 0.15) is 22.8 Å². The Hall–Kier alpha value is -1.61. The maximum absolute atomic E-state index is 12.1. The van der Waals surface area contributed by atoms with Gasteiger partial charge in [-0.3, -0.25) is 4.79 Å². The molecule has 1 aromatic carbocycles. The molecule has 18 heavy (non-hydrogen) atoms. The standard InChI is InChI=1S/C15H19NO2/c1-12-3-5-14(6-4-12)15(17)11-13(2)16-7-9-18-10-8-16/h3-6,11H,7-10H2,1-2H3/b13-11+. The van der Waals surface area contributed by atoms with Crippen molar-refractivity contribution >= 4 is 5.78 Å². The SMILES string of the molecule is C/C(=C\C(=O)c1ccc(C)cc1)N1CCOCC1. The summed E-state index contributed by atoms with van der Waals surface area (Å²) in [6, 6.07) is 7.68. The first-order valence-corrected chi connectivity index (χ1v) is 6.29. The van der Waals surface area contributed by atoms with E-state index in [-0.39, 0.29) is 5.78 Å². The first kappa shape index (κ1) is 12.8. The van der Waals surface area contributed by atoms with Crippen LogP contribution in [0.2, 0.25) is 0 Å². The summed E-state index contributed by atoms with van der Waals surface area (Å²) in [6.07, 6.45) is 1.72. The average Bonchev–Trinajstić information content (AvgIpc) is 2.40. The van der Waals surface area contributed by atoms with Gasteiger partial charge in [0.2, 0.25) is 0 Å². The molecule has 0 aromatic heterocycles. The van der Waals surface area contributed by atoms with E-state index in [1.54, 1.807) is 6.08 Å². The summed E-state index contributed by atoms with van der Waals surface area (Å²) in [7, 11) is 0. The summed E-state index contributed by atoms with van der Waals surface area (Å²) in [5, 5.41) is 0. The van der Waals surface area contributed by atoms with Crippen molar-refractivity contribution in [1.29, 1.82) is 0 Å². The monoisotopic (exact) mass is 245 g/mol. The second-order valence-corrected chi connectivity index (χ2v) is 4.62. The predicted molar refractivity (Wildman–Crippen MR) is 71.7 cm³/mol. The molecule has 0 unspecified atom stereocenters. The zero-order valence-electron chi connectivity index (χ0n) is 11.0. The Morgan fingerprint density at radius 1 is 1.22 bits per heavy atom. The van der Waals surface area contributed by atoms with Crippen LogP contribution in [-0.2, 0) is 4.74 Å². The van der Waals surface area contributed by atoms with Crippen LogP contribution < -0.4 is 0 Å². The summed E-state index contributed by atoms with van der Waals surface area (Å²) in [5.41, 5.74) is 2.93. The maximum atomic E-state index is 12.1. The van der Waals surface area contributed by atoms with E-state index in [0.717, 1.165) is 37.6 Å². The number of carbonyl (C=O) groups is 1. The highest BCUT2D eigenvalue weighted by atomic mass is 16.5. The molecule has 0 radical (unpaired) electrons. The Morgan fingerprint density at radius 3 is 2.44 bits per heavy atom. The fourth-order valence-electron chi connectivity index (χ4n) is 2.00. The quantitative estimate of drug-likeness (QED) is 0.605. The topological polar surface area (TPSA) is 29.5 Å². The van der Waals surface area contributed by atoms with Gasteiger partial charge in [-0.25, -0.2) is 0 Å². The lowest BCUT2D eigenvalue weighted by Crippen LogP contribution is -2.35. The molecule has 1 heterocycles. The van der Waals surface area contributed by atoms with E-state index >= 15 is 0 Å². The van der Waals surface area contributed by atoms with Gasteiger partial charge in [0.15, 0.2) is 5.78 Å². The minimum Gasteiger partial charge on any atom is -0.378 e. The van der Waals surface area contributed by atoms with Gasteiger partial charge in [-0.1, -0.05) is 29.8 Å². The van der Waals surface area contributed by atoms with Gasteiger partial charge in [0.25, 0.3) is 0 Å². The number of carbonyl (C=O) groups excluding carboxylic acids is 1. The lowest BCUT2D eigenvalue weighted by atomic mass is 10.1. The predicted octanol–water partition coefficient (Wildman–Crippen LogP) is 2.41. The van der Waals surface area contributed by atoms with Crippen molar-refractivity contribution in [2.24, 2.45) is 0 Å². The first-order valence-electron chi connectivity index (χ1n) is 6.29. The number of benzene rings is 1. The number of nitrogens with zero attached hydrogens (tertiary/aromatic N) is 1. The molecule has 0 bridgehead atoms. The number of aryl methyl sites for hydroxylation is 1. The molecule has 1 aliphatic heterocycles. The molecule has 0 atom stereocenters. The second-order valence-electron chi connectivity index (χ2n) is 4.62. The molecule has 1 saturated heterocycles. The van der Waals surface area contributed by atoms with Gasteiger partial charge in [-0.05, 0) is 13.8 Å². The zero-order valence-corrected chi connectivity index (χ0v) is 11.0. The van der Waals surface area contributed by atoms with E-state index in [4.69, 9.17) is 4.74 Å². The molecule has 1 aliphatic rings. The number of morpholine rings is 1. The Kier molecular flexibility index (Phi) is 4.15. The number of rotatable bonds is 3. The smallest absolute Gasteiger partial charge is 0.187 e. The lowest BCUT2D eigenvalue weighted by Gasteiger charge is -2.29. The van der Waals surface area contributed by atoms with E-state index in [1.807, 2.05) is 38.1 Å². The summed E-state index contributed by atoms with van der Waals surface area (Å²) < 4.78 is 5.30.